The maximum atomic E-state index is 6.46. The smallest absolute Gasteiger partial charge is 0.166 e. The number of fused-ring (bicyclic) bond motifs is 1. The topological polar surface area (TPSA) is 18.5 Å². The zero-order chi connectivity index (χ0) is 14.9. The Morgan fingerprint density at radius 3 is 3.09 bits per heavy atom. The van der Waals surface area contributed by atoms with E-state index in [0.29, 0.717) is 0 Å². The molecule has 5 rings (SSSR count). The van der Waals surface area contributed by atoms with Crippen LogP contribution in [-0.2, 0) is 11.8 Å². The van der Waals surface area contributed by atoms with Gasteiger partial charge >= 0.3 is 0 Å². The molecule has 2 nitrogen and oxygen atoms in total. The summed E-state index contributed by atoms with van der Waals surface area (Å²) >= 11 is 0. The minimum atomic E-state index is 0.237. The van der Waals surface area contributed by atoms with E-state index in [1.165, 1.54) is 43.2 Å². The molecule has 1 aliphatic heterocycles. The molecule has 5 unspecified atom stereocenters. The molecule has 1 aromatic carbocycles. The summed E-state index contributed by atoms with van der Waals surface area (Å²) in [6, 6.07) is 4.42. The first-order valence-electron chi connectivity index (χ1n) is 8.83. The van der Waals surface area contributed by atoms with Crippen LogP contribution in [0.5, 0.6) is 11.5 Å². The molecule has 0 aromatic heterocycles. The fraction of sp³-hybridized carbons (Fsp3) is 0.600. The Balaban J connectivity index is 1.75. The van der Waals surface area contributed by atoms with Crippen molar-refractivity contribution in [1.82, 2.24) is 0 Å². The van der Waals surface area contributed by atoms with E-state index in [1.54, 1.807) is 7.11 Å². The Morgan fingerprint density at radius 1 is 1.36 bits per heavy atom. The molecule has 22 heavy (non-hydrogen) atoms. The molecule has 0 radical (unpaired) electrons. The predicted octanol–water partition coefficient (Wildman–Crippen LogP) is 4.26. The van der Waals surface area contributed by atoms with Crippen LogP contribution < -0.4 is 9.47 Å². The number of allylic oxidation sites excluding steroid dienone is 1. The molecule has 0 N–H and O–H groups in total. The van der Waals surface area contributed by atoms with Crippen molar-refractivity contribution in [2.45, 2.75) is 50.5 Å². The lowest BCUT2D eigenvalue weighted by Crippen LogP contribution is -2.44. The first-order chi connectivity index (χ1) is 10.8. The molecule has 1 saturated carbocycles. The summed E-state index contributed by atoms with van der Waals surface area (Å²) in [5.41, 5.74) is 3.30. The van der Waals surface area contributed by atoms with Crippen molar-refractivity contribution in [2.24, 2.45) is 17.8 Å². The van der Waals surface area contributed by atoms with Gasteiger partial charge < -0.3 is 9.47 Å². The van der Waals surface area contributed by atoms with E-state index in [2.05, 4.69) is 31.2 Å². The van der Waals surface area contributed by atoms with Crippen LogP contribution in [-0.4, -0.2) is 13.2 Å². The van der Waals surface area contributed by atoms with Gasteiger partial charge in [0.25, 0.3) is 0 Å². The van der Waals surface area contributed by atoms with Crippen molar-refractivity contribution in [3.05, 3.63) is 35.4 Å². The average Bonchev–Trinajstić information content (AvgIpc) is 3.00. The highest BCUT2D eigenvalue weighted by Gasteiger charge is 2.65. The summed E-state index contributed by atoms with van der Waals surface area (Å²) in [5, 5.41) is 0. The molecule has 1 fully saturated rings. The van der Waals surface area contributed by atoms with Crippen molar-refractivity contribution in [3.8, 4) is 11.5 Å². The van der Waals surface area contributed by atoms with Crippen LogP contribution in [0.15, 0.2) is 24.3 Å². The van der Waals surface area contributed by atoms with Gasteiger partial charge in [0, 0.05) is 11.0 Å². The summed E-state index contributed by atoms with van der Waals surface area (Å²) in [6.07, 6.45) is 11.4. The standard InChI is InChI=1S/C20H24O2/c1-3-5-14-13-10-12-8-9-16(21-2)19-18(12)20(11-13)15(14)6-4-7-17(20)22-19/h4,7-9,13-15,17H,3,5-6,10-11H2,1-2H3. The van der Waals surface area contributed by atoms with E-state index in [9.17, 15) is 0 Å². The maximum Gasteiger partial charge on any atom is 0.166 e. The molecule has 4 aliphatic rings. The second kappa shape index (κ2) is 4.31. The SMILES string of the molecule is CCCC1C2Cc3ccc(OC)c4c3C3(C2)C(C=CCC13)O4. The van der Waals surface area contributed by atoms with Gasteiger partial charge in [0.2, 0.25) is 0 Å². The van der Waals surface area contributed by atoms with E-state index in [-0.39, 0.29) is 11.5 Å². The maximum absolute atomic E-state index is 6.46. The third-order valence-corrected chi connectivity index (χ3v) is 6.83. The summed E-state index contributed by atoms with van der Waals surface area (Å²) in [6.45, 7) is 2.34. The Kier molecular flexibility index (Phi) is 2.55. The number of benzene rings is 1. The fourth-order valence-electron chi connectivity index (χ4n) is 6.22. The normalized spacial score (nSPS) is 39.5. The first-order valence-corrected chi connectivity index (χ1v) is 8.83. The molecule has 0 amide bonds. The van der Waals surface area contributed by atoms with Crippen molar-refractivity contribution >= 4 is 0 Å². The van der Waals surface area contributed by atoms with Crippen LogP contribution in [0.4, 0.5) is 0 Å². The number of methoxy groups -OCH3 is 1. The Bertz CT molecular complexity index is 662. The lowest BCUT2D eigenvalue weighted by molar-refractivity contribution is 0.128. The average molecular weight is 296 g/mol. The highest BCUT2D eigenvalue weighted by Crippen LogP contribution is 2.68. The molecular formula is C20H24O2. The lowest BCUT2D eigenvalue weighted by atomic mass is 9.62. The van der Waals surface area contributed by atoms with Gasteiger partial charge in [-0.1, -0.05) is 31.9 Å². The molecule has 3 aliphatic carbocycles. The van der Waals surface area contributed by atoms with Crippen LogP contribution in [0.1, 0.15) is 43.7 Å². The minimum absolute atomic E-state index is 0.237. The third-order valence-electron chi connectivity index (χ3n) is 6.83. The van der Waals surface area contributed by atoms with E-state index in [0.717, 1.165) is 29.3 Å². The molecule has 0 saturated heterocycles. The Labute approximate surface area is 132 Å². The van der Waals surface area contributed by atoms with Crippen LogP contribution >= 0.6 is 0 Å². The number of ether oxygens (including phenoxy) is 2. The van der Waals surface area contributed by atoms with Crippen molar-refractivity contribution in [3.63, 3.8) is 0 Å². The van der Waals surface area contributed by atoms with Gasteiger partial charge in [-0.2, -0.15) is 0 Å². The second-order valence-corrected chi connectivity index (χ2v) is 7.60. The van der Waals surface area contributed by atoms with Gasteiger partial charge in [0.05, 0.1) is 7.11 Å². The fourth-order valence-corrected chi connectivity index (χ4v) is 6.22. The number of rotatable bonds is 3. The Morgan fingerprint density at radius 2 is 2.27 bits per heavy atom. The van der Waals surface area contributed by atoms with Crippen molar-refractivity contribution in [2.75, 3.05) is 7.11 Å². The predicted molar refractivity (Wildman–Crippen MR) is 86.5 cm³/mol. The molecule has 1 aromatic rings. The highest BCUT2D eigenvalue weighted by atomic mass is 16.5. The molecule has 2 heteroatoms. The van der Waals surface area contributed by atoms with E-state index < -0.39 is 0 Å². The summed E-state index contributed by atoms with van der Waals surface area (Å²) < 4.78 is 12.1. The monoisotopic (exact) mass is 296 g/mol. The summed E-state index contributed by atoms with van der Waals surface area (Å²) in [4.78, 5) is 0. The van der Waals surface area contributed by atoms with Crippen LogP contribution in [0.2, 0.25) is 0 Å². The molecule has 2 bridgehead atoms. The number of hydrogen-bond acceptors (Lipinski definition) is 2. The lowest BCUT2D eigenvalue weighted by Gasteiger charge is -2.40. The van der Waals surface area contributed by atoms with Gasteiger partial charge in [-0.3, -0.25) is 0 Å². The van der Waals surface area contributed by atoms with Crippen LogP contribution in [0.25, 0.3) is 0 Å². The van der Waals surface area contributed by atoms with Crippen LogP contribution in [0.3, 0.4) is 0 Å². The highest BCUT2D eigenvalue weighted by molar-refractivity contribution is 5.62. The number of hydrogen-bond donors (Lipinski definition) is 0. The van der Waals surface area contributed by atoms with E-state index in [4.69, 9.17) is 9.47 Å². The van der Waals surface area contributed by atoms with Crippen molar-refractivity contribution in [1.29, 1.82) is 0 Å². The molecular weight excluding hydrogens is 272 g/mol. The van der Waals surface area contributed by atoms with Gasteiger partial charge in [0.15, 0.2) is 11.5 Å². The Hall–Kier alpha value is -1.44. The van der Waals surface area contributed by atoms with E-state index in [1.807, 2.05) is 0 Å². The third kappa shape index (κ3) is 1.33. The molecule has 5 atom stereocenters. The minimum Gasteiger partial charge on any atom is -0.493 e. The first kappa shape index (κ1) is 13.0. The van der Waals surface area contributed by atoms with Crippen LogP contribution in [0, 0.1) is 17.8 Å². The van der Waals surface area contributed by atoms with E-state index >= 15 is 0 Å². The quantitative estimate of drug-likeness (QED) is 0.776. The molecule has 1 heterocycles. The molecule has 116 valence electrons. The second-order valence-electron chi connectivity index (χ2n) is 7.60. The zero-order valence-electron chi connectivity index (χ0n) is 13.5. The van der Waals surface area contributed by atoms with Gasteiger partial charge in [-0.25, -0.2) is 0 Å². The van der Waals surface area contributed by atoms with Crippen molar-refractivity contribution < 1.29 is 9.47 Å². The van der Waals surface area contributed by atoms with Gasteiger partial charge in [0.1, 0.15) is 6.10 Å². The summed E-state index contributed by atoms with van der Waals surface area (Å²) in [5.74, 6) is 4.46. The van der Waals surface area contributed by atoms with Gasteiger partial charge in [-0.05, 0) is 54.7 Å². The summed E-state index contributed by atoms with van der Waals surface area (Å²) in [7, 11) is 1.76. The largest absolute Gasteiger partial charge is 0.493 e. The molecule has 1 spiro atoms. The van der Waals surface area contributed by atoms with Gasteiger partial charge in [-0.15, -0.1) is 0 Å². The zero-order valence-corrected chi connectivity index (χ0v) is 13.5.